The van der Waals surface area contributed by atoms with Gasteiger partial charge in [0.1, 0.15) is 0 Å². The maximum Gasteiger partial charge on any atom is 0.253 e. The van der Waals surface area contributed by atoms with Crippen LogP contribution >= 0.6 is 11.6 Å². The van der Waals surface area contributed by atoms with Crippen LogP contribution in [-0.4, -0.2) is 41.7 Å². The second kappa shape index (κ2) is 6.76. The van der Waals surface area contributed by atoms with Crippen molar-refractivity contribution in [3.05, 3.63) is 34.3 Å². The van der Waals surface area contributed by atoms with Crippen molar-refractivity contribution in [3.8, 4) is 11.8 Å². The zero-order chi connectivity index (χ0) is 14.5. The summed E-state index contributed by atoms with van der Waals surface area (Å²) < 4.78 is 0. The second-order valence-electron chi connectivity index (χ2n) is 4.72. The molecular formula is C15H17ClN2O2. The van der Waals surface area contributed by atoms with Crippen molar-refractivity contribution in [1.29, 1.82) is 0 Å². The van der Waals surface area contributed by atoms with Crippen LogP contribution in [0.25, 0.3) is 0 Å². The molecule has 1 heterocycles. The van der Waals surface area contributed by atoms with Crippen molar-refractivity contribution >= 4 is 17.5 Å². The molecule has 20 heavy (non-hydrogen) atoms. The third-order valence-electron chi connectivity index (χ3n) is 3.29. The van der Waals surface area contributed by atoms with Crippen LogP contribution < -0.4 is 5.73 Å². The maximum absolute atomic E-state index is 12.3. The van der Waals surface area contributed by atoms with Gasteiger partial charge in [-0.3, -0.25) is 4.79 Å². The number of piperidine rings is 1. The summed E-state index contributed by atoms with van der Waals surface area (Å²) in [6, 6.07) is 5.09. The molecule has 1 aliphatic heterocycles. The van der Waals surface area contributed by atoms with Crippen LogP contribution in [0.1, 0.15) is 28.8 Å². The molecule has 0 aliphatic carbocycles. The molecule has 1 aromatic carbocycles. The highest BCUT2D eigenvalue weighted by Crippen LogP contribution is 2.20. The summed E-state index contributed by atoms with van der Waals surface area (Å²) in [7, 11) is 0. The van der Waals surface area contributed by atoms with Crippen LogP contribution in [0.3, 0.4) is 0 Å². The van der Waals surface area contributed by atoms with E-state index in [1.807, 2.05) is 0 Å². The molecule has 0 radical (unpaired) electrons. The van der Waals surface area contributed by atoms with Gasteiger partial charge in [-0.05, 0) is 31.0 Å². The minimum absolute atomic E-state index is 0.0582. The third kappa shape index (κ3) is 3.51. The molecule has 0 aromatic heterocycles. The van der Waals surface area contributed by atoms with Gasteiger partial charge in [0.05, 0.1) is 17.7 Å². The Morgan fingerprint density at radius 3 is 2.75 bits per heavy atom. The summed E-state index contributed by atoms with van der Waals surface area (Å²) in [5.74, 6) is 5.53. The highest BCUT2D eigenvalue weighted by atomic mass is 35.5. The smallest absolute Gasteiger partial charge is 0.253 e. The standard InChI is InChI=1S/C15H17ClN2O2/c16-14-10-12(4-3-11(14)2-1-7-17)15(20)18-8-5-13(19)6-9-18/h3-4,10,13,19H,5-9,17H2. The normalized spacial score (nSPS) is 15.7. The number of carbonyl (C=O) groups excluding carboxylic acids is 1. The molecule has 0 unspecified atom stereocenters. The van der Waals surface area contributed by atoms with E-state index < -0.39 is 0 Å². The van der Waals surface area contributed by atoms with Gasteiger partial charge >= 0.3 is 0 Å². The van der Waals surface area contributed by atoms with Crippen molar-refractivity contribution in [3.63, 3.8) is 0 Å². The predicted molar refractivity (Wildman–Crippen MR) is 78.5 cm³/mol. The Hall–Kier alpha value is -1.54. The van der Waals surface area contributed by atoms with Crippen LogP contribution in [-0.2, 0) is 0 Å². The topological polar surface area (TPSA) is 66.6 Å². The minimum atomic E-state index is -0.295. The van der Waals surface area contributed by atoms with Gasteiger partial charge in [0.15, 0.2) is 0 Å². The van der Waals surface area contributed by atoms with Gasteiger partial charge in [0.25, 0.3) is 5.91 Å². The Bertz CT molecular complexity index is 555. The van der Waals surface area contributed by atoms with Gasteiger partial charge in [-0.25, -0.2) is 0 Å². The predicted octanol–water partition coefficient (Wildman–Crippen LogP) is 1.25. The van der Waals surface area contributed by atoms with E-state index >= 15 is 0 Å². The lowest BCUT2D eigenvalue weighted by atomic mass is 10.1. The molecule has 0 spiro atoms. The van der Waals surface area contributed by atoms with Crippen LogP contribution in [0.15, 0.2) is 18.2 Å². The van der Waals surface area contributed by atoms with Crippen molar-refractivity contribution < 1.29 is 9.90 Å². The van der Waals surface area contributed by atoms with Gasteiger partial charge in [-0.1, -0.05) is 23.4 Å². The number of rotatable bonds is 1. The number of aliphatic hydroxyl groups excluding tert-OH is 1. The van der Waals surface area contributed by atoms with Crippen LogP contribution in [0.5, 0.6) is 0 Å². The number of halogens is 1. The molecule has 2 rings (SSSR count). The number of hydrogen-bond acceptors (Lipinski definition) is 3. The molecule has 1 aliphatic rings. The molecule has 0 atom stereocenters. The van der Waals surface area contributed by atoms with Crippen molar-refractivity contribution in [2.45, 2.75) is 18.9 Å². The monoisotopic (exact) mass is 292 g/mol. The number of likely N-dealkylation sites (tertiary alicyclic amines) is 1. The van der Waals surface area contributed by atoms with Crippen molar-refractivity contribution in [2.24, 2.45) is 5.73 Å². The average Bonchev–Trinajstić information content (AvgIpc) is 2.46. The fourth-order valence-electron chi connectivity index (χ4n) is 2.15. The zero-order valence-electron chi connectivity index (χ0n) is 11.1. The lowest BCUT2D eigenvalue weighted by Crippen LogP contribution is -2.40. The number of carbonyl (C=O) groups is 1. The SMILES string of the molecule is NCC#Cc1ccc(C(=O)N2CCC(O)CC2)cc1Cl. The first-order valence-corrected chi connectivity index (χ1v) is 6.95. The molecular weight excluding hydrogens is 276 g/mol. The Balaban J connectivity index is 2.13. The van der Waals surface area contributed by atoms with Gasteiger partial charge in [0, 0.05) is 24.2 Å². The van der Waals surface area contributed by atoms with Gasteiger partial charge in [-0.2, -0.15) is 0 Å². The molecule has 3 N–H and O–H groups in total. The molecule has 1 fully saturated rings. The summed E-state index contributed by atoms with van der Waals surface area (Å²) in [4.78, 5) is 14.1. The third-order valence-corrected chi connectivity index (χ3v) is 3.61. The van der Waals surface area contributed by atoms with Gasteiger partial charge in [0.2, 0.25) is 0 Å². The maximum atomic E-state index is 12.3. The molecule has 5 heteroatoms. The summed E-state index contributed by atoms with van der Waals surface area (Å²) in [6.45, 7) is 1.42. The van der Waals surface area contributed by atoms with E-state index in [0.29, 0.717) is 42.1 Å². The first-order valence-electron chi connectivity index (χ1n) is 6.57. The van der Waals surface area contributed by atoms with E-state index in [-0.39, 0.29) is 18.6 Å². The number of amides is 1. The minimum Gasteiger partial charge on any atom is -0.393 e. The summed E-state index contributed by atoms with van der Waals surface area (Å²) in [5, 5.41) is 9.91. The van der Waals surface area contributed by atoms with Crippen LogP contribution in [0, 0.1) is 11.8 Å². The molecule has 1 aromatic rings. The number of hydrogen-bond donors (Lipinski definition) is 2. The average molecular weight is 293 g/mol. The molecule has 1 amide bonds. The van der Waals surface area contributed by atoms with E-state index in [0.717, 1.165) is 0 Å². The highest BCUT2D eigenvalue weighted by Gasteiger charge is 2.22. The van der Waals surface area contributed by atoms with Crippen LogP contribution in [0.2, 0.25) is 5.02 Å². The molecule has 4 nitrogen and oxygen atoms in total. The Labute approximate surface area is 123 Å². The second-order valence-corrected chi connectivity index (χ2v) is 5.13. The largest absolute Gasteiger partial charge is 0.393 e. The number of nitrogens with zero attached hydrogens (tertiary/aromatic N) is 1. The number of aliphatic hydroxyl groups is 1. The van der Waals surface area contributed by atoms with Crippen LogP contribution in [0.4, 0.5) is 0 Å². The van der Waals surface area contributed by atoms with E-state index in [4.69, 9.17) is 17.3 Å². The molecule has 106 valence electrons. The molecule has 1 saturated heterocycles. The lowest BCUT2D eigenvalue weighted by Gasteiger charge is -2.29. The Morgan fingerprint density at radius 1 is 1.45 bits per heavy atom. The van der Waals surface area contributed by atoms with E-state index in [1.165, 1.54) is 0 Å². The summed E-state index contributed by atoms with van der Waals surface area (Å²) >= 11 is 6.12. The Kier molecular flexibility index (Phi) is 5.02. The first-order chi connectivity index (χ1) is 9.61. The summed E-state index contributed by atoms with van der Waals surface area (Å²) in [6.07, 6.45) is 0.954. The van der Waals surface area contributed by atoms with Crippen molar-refractivity contribution in [1.82, 2.24) is 4.90 Å². The van der Waals surface area contributed by atoms with E-state index in [9.17, 15) is 9.90 Å². The lowest BCUT2D eigenvalue weighted by molar-refractivity contribution is 0.0546. The fourth-order valence-corrected chi connectivity index (χ4v) is 2.38. The van der Waals surface area contributed by atoms with Gasteiger partial charge in [-0.15, -0.1) is 0 Å². The number of benzene rings is 1. The molecule has 0 saturated carbocycles. The fraction of sp³-hybridized carbons (Fsp3) is 0.400. The molecule has 0 bridgehead atoms. The highest BCUT2D eigenvalue weighted by molar-refractivity contribution is 6.32. The Morgan fingerprint density at radius 2 is 2.15 bits per heavy atom. The van der Waals surface area contributed by atoms with Crippen molar-refractivity contribution in [2.75, 3.05) is 19.6 Å². The van der Waals surface area contributed by atoms with E-state index in [1.54, 1.807) is 23.1 Å². The van der Waals surface area contributed by atoms with Gasteiger partial charge < -0.3 is 15.7 Å². The summed E-state index contributed by atoms with van der Waals surface area (Å²) in [5.41, 5.74) is 6.53. The number of nitrogens with two attached hydrogens (primary N) is 1. The quantitative estimate of drug-likeness (QED) is 0.766. The van der Waals surface area contributed by atoms with E-state index in [2.05, 4.69) is 11.8 Å². The zero-order valence-corrected chi connectivity index (χ0v) is 11.9. The first kappa shape index (κ1) is 14.9.